The van der Waals surface area contributed by atoms with Gasteiger partial charge in [0.05, 0.1) is 10.6 Å². The van der Waals surface area contributed by atoms with E-state index in [1.54, 1.807) is 36.5 Å². The summed E-state index contributed by atoms with van der Waals surface area (Å²) in [6, 6.07) is 10.1. The predicted octanol–water partition coefficient (Wildman–Crippen LogP) is 3.30. The van der Waals surface area contributed by atoms with E-state index in [0.29, 0.717) is 22.0 Å². The number of pyridine rings is 3. The Morgan fingerprint density at radius 3 is 2.56 bits per heavy atom. The highest BCUT2D eigenvalue weighted by molar-refractivity contribution is 6.27. The van der Waals surface area contributed by atoms with Crippen molar-refractivity contribution in [2.24, 2.45) is 0 Å². The van der Waals surface area contributed by atoms with Crippen molar-refractivity contribution in [2.45, 2.75) is 0 Å². The Hall–Kier alpha value is -3.74. The molecule has 118 valence electrons. The molecular weight excluding hydrogens is 320 g/mol. The van der Waals surface area contributed by atoms with Crippen LogP contribution in [-0.2, 0) is 0 Å². The Balaban J connectivity index is 2.05. The molecule has 3 heterocycles. The standard InChI is InChI=1S/C18H8N4O3/c23-18-16-11(4-2-7-19-16)15-13-9(6-8-20-15)10-3-1-5-12(22(24)25)14(10)21-17(13)18/h1-8H. The van der Waals surface area contributed by atoms with Crippen molar-refractivity contribution in [2.75, 3.05) is 0 Å². The maximum Gasteiger partial charge on any atom is 0.295 e. The highest BCUT2D eigenvalue weighted by atomic mass is 16.6. The summed E-state index contributed by atoms with van der Waals surface area (Å²) in [5, 5.41) is 13.3. The molecule has 0 spiro atoms. The summed E-state index contributed by atoms with van der Waals surface area (Å²) in [4.78, 5) is 36.7. The van der Waals surface area contributed by atoms with Gasteiger partial charge in [0.2, 0.25) is 5.78 Å². The maximum atomic E-state index is 12.9. The van der Waals surface area contributed by atoms with Gasteiger partial charge in [0.1, 0.15) is 16.9 Å². The van der Waals surface area contributed by atoms with Crippen molar-refractivity contribution >= 4 is 33.1 Å². The summed E-state index contributed by atoms with van der Waals surface area (Å²) < 4.78 is 0. The van der Waals surface area contributed by atoms with E-state index in [0.717, 1.165) is 5.39 Å². The minimum atomic E-state index is -0.491. The Kier molecular flexibility index (Phi) is 2.54. The molecule has 1 aliphatic carbocycles. The summed E-state index contributed by atoms with van der Waals surface area (Å²) in [5.74, 6) is -0.346. The topological polar surface area (TPSA) is 98.9 Å². The van der Waals surface area contributed by atoms with E-state index in [2.05, 4.69) is 15.0 Å². The molecule has 0 saturated carbocycles. The molecule has 1 aliphatic rings. The summed E-state index contributed by atoms with van der Waals surface area (Å²) in [6.45, 7) is 0. The number of nitro groups is 1. The van der Waals surface area contributed by atoms with Crippen LogP contribution in [0.25, 0.3) is 32.9 Å². The quantitative estimate of drug-likeness (QED) is 0.266. The molecule has 0 N–H and O–H groups in total. The molecule has 1 aromatic carbocycles. The van der Waals surface area contributed by atoms with Crippen LogP contribution in [0.15, 0.2) is 48.8 Å². The number of fused-ring (bicyclic) bond motifs is 4. The highest BCUT2D eigenvalue weighted by Gasteiger charge is 2.30. The zero-order chi connectivity index (χ0) is 17.1. The minimum Gasteiger partial charge on any atom is -0.285 e. The summed E-state index contributed by atoms with van der Waals surface area (Å²) in [5.41, 5.74) is 1.76. The second kappa shape index (κ2) is 4.64. The minimum absolute atomic E-state index is 0.131. The first kappa shape index (κ1) is 13.7. The number of para-hydroxylation sites is 1. The van der Waals surface area contributed by atoms with Crippen LogP contribution in [0.2, 0.25) is 0 Å². The third kappa shape index (κ3) is 1.69. The molecule has 5 rings (SSSR count). The highest BCUT2D eigenvalue weighted by Crippen LogP contribution is 2.40. The van der Waals surface area contributed by atoms with Crippen molar-refractivity contribution in [3.63, 3.8) is 0 Å². The number of benzene rings is 1. The number of nitro benzene ring substituents is 1. The number of ketones is 1. The number of hydrogen-bond donors (Lipinski definition) is 0. The van der Waals surface area contributed by atoms with Gasteiger partial charge in [0, 0.05) is 34.8 Å². The van der Waals surface area contributed by atoms with Crippen LogP contribution >= 0.6 is 0 Å². The first-order valence-corrected chi connectivity index (χ1v) is 7.53. The van der Waals surface area contributed by atoms with Crippen molar-refractivity contribution < 1.29 is 9.72 Å². The molecule has 0 bridgehead atoms. The number of carbonyl (C=O) groups is 1. The van der Waals surface area contributed by atoms with Crippen LogP contribution in [0.5, 0.6) is 0 Å². The number of aromatic nitrogens is 3. The second-order valence-electron chi connectivity index (χ2n) is 5.70. The van der Waals surface area contributed by atoms with Gasteiger partial charge in [-0.15, -0.1) is 0 Å². The van der Waals surface area contributed by atoms with Crippen molar-refractivity contribution in [3.8, 4) is 11.3 Å². The Morgan fingerprint density at radius 1 is 0.880 bits per heavy atom. The molecule has 25 heavy (non-hydrogen) atoms. The lowest BCUT2D eigenvalue weighted by atomic mass is 9.90. The number of carbonyl (C=O) groups excluding carboxylic acids is 1. The molecule has 0 aliphatic heterocycles. The van der Waals surface area contributed by atoms with Crippen LogP contribution in [0.4, 0.5) is 5.69 Å². The lowest BCUT2D eigenvalue weighted by Gasteiger charge is -2.18. The van der Waals surface area contributed by atoms with E-state index < -0.39 is 4.92 Å². The molecule has 3 aromatic heterocycles. The normalized spacial score (nSPS) is 12.4. The Bertz CT molecular complexity index is 1250. The first-order chi connectivity index (χ1) is 12.2. The van der Waals surface area contributed by atoms with Gasteiger partial charge in [-0.1, -0.05) is 12.1 Å². The number of rotatable bonds is 1. The average Bonchev–Trinajstić information content (AvgIpc) is 2.65. The van der Waals surface area contributed by atoms with Gasteiger partial charge in [-0.05, 0) is 23.6 Å². The first-order valence-electron chi connectivity index (χ1n) is 7.53. The molecule has 0 radical (unpaired) electrons. The van der Waals surface area contributed by atoms with Gasteiger partial charge >= 0.3 is 0 Å². The number of hydrogen-bond acceptors (Lipinski definition) is 6. The third-order valence-corrected chi connectivity index (χ3v) is 4.41. The smallest absolute Gasteiger partial charge is 0.285 e. The van der Waals surface area contributed by atoms with E-state index in [1.165, 1.54) is 12.3 Å². The predicted molar refractivity (Wildman–Crippen MR) is 90.4 cm³/mol. The average molecular weight is 328 g/mol. The molecule has 4 aromatic rings. The molecular formula is C18H8N4O3. The summed E-state index contributed by atoms with van der Waals surface area (Å²) >= 11 is 0. The van der Waals surface area contributed by atoms with Gasteiger partial charge in [0.15, 0.2) is 0 Å². The number of nitrogens with zero attached hydrogens (tertiary/aromatic N) is 4. The lowest BCUT2D eigenvalue weighted by molar-refractivity contribution is -0.383. The van der Waals surface area contributed by atoms with Crippen LogP contribution < -0.4 is 0 Å². The van der Waals surface area contributed by atoms with Crippen molar-refractivity contribution in [1.29, 1.82) is 0 Å². The largest absolute Gasteiger partial charge is 0.295 e. The Labute approximate surface area is 140 Å². The molecule has 0 amide bonds. The third-order valence-electron chi connectivity index (χ3n) is 4.41. The van der Waals surface area contributed by atoms with Crippen LogP contribution in [0, 0.1) is 10.1 Å². The summed E-state index contributed by atoms with van der Waals surface area (Å²) in [7, 11) is 0. The molecule has 0 fully saturated rings. The van der Waals surface area contributed by atoms with Crippen LogP contribution in [-0.4, -0.2) is 25.7 Å². The summed E-state index contributed by atoms with van der Waals surface area (Å²) in [6.07, 6.45) is 3.16. The van der Waals surface area contributed by atoms with Crippen molar-refractivity contribution in [3.05, 3.63) is 70.3 Å². The maximum absolute atomic E-state index is 12.9. The van der Waals surface area contributed by atoms with E-state index in [1.807, 2.05) is 0 Å². The zero-order valence-electron chi connectivity index (χ0n) is 12.6. The molecule has 7 nitrogen and oxygen atoms in total. The van der Waals surface area contributed by atoms with E-state index in [9.17, 15) is 14.9 Å². The SMILES string of the molecule is O=C1c2ncccc2-c2nccc3c2c1nc1c([N+](=O)[O-])cccc13. The fourth-order valence-corrected chi connectivity index (χ4v) is 3.37. The number of non-ortho nitro benzene ring substituents is 1. The van der Waals surface area contributed by atoms with Gasteiger partial charge < -0.3 is 0 Å². The van der Waals surface area contributed by atoms with E-state index >= 15 is 0 Å². The van der Waals surface area contributed by atoms with Crippen molar-refractivity contribution in [1.82, 2.24) is 15.0 Å². The second-order valence-corrected chi connectivity index (χ2v) is 5.70. The monoisotopic (exact) mass is 328 g/mol. The Morgan fingerprint density at radius 2 is 1.72 bits per heavy atom. The fraction of sp³-hybridized carbons (Fsp3) is 0. The lowest BCUT2D eigenvalue weighted by Crippen LogP contribution is -2.15. The van der Waals surface area contributed by atoms with E-state index in [-0.39, 0.29) is 28.4 Å². The van der Waals surface area contributed by atoms with Crippen LogP contribution in [0.3, 0.4) is 0 Å². The van der Waals surface area contributed by atoms with Gasteiger partial charge in [-0.25, -0.2) is 4.98 Å². The van der Waals surface area contributed by atoms with Gasteiger partial charge in [-0.2, -0.15) is 0 Å². The molecule has 0 saturated heterocycles. The fourth-order valence-electron chi connectivity index (χ4n) is 3.37. The van der Waals surface area contributed by atoms with E-state index in [4.69, 9.17) is 0 Å². The zero-order valence-corrected chi connectivity index (χ0v) is 12.6. The molecule has 7 heteroatoms. The molecule has 0 atom stereocenters. The molecule has 0 unspecified atom stereocenters. The van der Waals surface area contributed by atoms with Gasteiger partial charge in [-0.3, -0.25) is 24.9 Å². The van der Waals surface area contributed by atoms with Gasteiger partial charge in [0.25, 0.3) is 5.69 Å². The van der Waals surface area contributed by atoms with Crippen LogP contribution in [0.1, 0.15) is 16.2 Å².